The Morgan fingerprint density at radius 1 is 1.26 bits per heavy atom. The number of benzene rings is 2. The molecule has 0 saturated carbocycles. The van der Waals surface area contributed by atoms with Crippen molar-refractivity contribution in [3.05, 3.63) is 74.2 Å². The number of thiazole rings is 1. The molecular formula is C18H13ClN2O5S. The van der Waals surface area contributed by atoms with Gasteiger partial charge < -0.3 is 9.47 Å². The summed E-state index contributed by atoms with van der Waals surface area (Å²) in [5.41, 5.74) is 0.905. The van der Waals surface area contributed by atoms with Crippen LogP contribution in [-0.4, -0.2) is 23.0 Å². The average molecular weight is 405 g/mol. The molecule has 3 aromatic rings. The van der Waals surface area contributed by atoms with Crippen molar-refractivity contribution < 1.29 is 19.2 Å². The largest absolute Gasteiger partial charge is 0.497 e. The van der Waals surface area contributed by atoms with Gasteiger partial charge in [0.05, 0.1) is 17.7 Å². The Labute approximate surface area is 163 Å². The normalized spacial score (nSPS) is 10.4. The van der Waals surface area contributed by atoms with Gasteiger partial charge in [0, 0.05) is 22.0 Å². The van der Waals surface area contributed by atoms with Crippen molar-refractivity contribution in [1.29, 1.82) is 0 Å². The Balaban J connectivity index is 1.70. The van der Waals surface area contributed by atoms with Gasteiger partial charge >= 0.3 is 5.97 Å². The molecule has 0 unspecified atom stereocenters. The van der Waals surface area contributed by atoms with Crippen molar-refractivity contribution in [1.82, 2.24) is 4.98 Å². The molecule has 0 saturated heterocycles. The van der Waals surface area contributed by atoms with Gasteiger partial charge in [-0.05, 0) is 36.4 Å². The molecule has 0 bridgehead atoms. The van der Waals surface area contributed by atoms with Gasteiger partial charge in [-0.2, -0.15) is 0 Å². The summed E-state index contributed by atoms with van der Waals surface area (Å²) in [6.45, 7) is -0.0920. The quantitative estimate of drug-likeness (QED) is 0.335. The van der Waals surface area contributed by atoms with E-state index >= 15 is 0 Å². The summed E-state index contributed by atoms with van der Waals surface area (Å²) in [4.78, 5) is 27.0. The maximum Gasteiger partial charge on any atom is 0.345 e. The van der Waals surface area contributed by atoms with E-state index in [1.807, 2.05) is 24.3 Å². The van der Waals surface area contributed by atoms with Crippen LogP contribution in [0.25, 0.3) is 10.6 Å². The Morgan fingerprint density at radius 3 is 2.67 bits per heavy atom. The summed E-state index contributed by atoms with van der Waals surface area (Å²) in [5, 5.41) is 13.8. The second-order valence-corrected chi connectivity index (χ2v) is 6.66. The highest BCUT2D eigenvalue weighted by molar-refractivity contribution is 7.13. The molecule has 0 aliphatic heterocycles. The molecule has 1 heterocycles. The number of hydrogen-bond donors (Lipinski definition) is 0. The van der Waals surface area contributed by atoms with E-state index in [0.717, 1.165) is 22.4 Å². The molecule has 0 spiro atoms. The first-order chi connectivity index (χ1) is 13.0. The van der Waals surface area contributed by atoms with Gasteiger partial charge in [0.1, 0.15) is 22.9 Å². The molecule has 0 atom stereocenters. The fourth-order valence-corrected chi connectivity index (χ4v) is 3.26. The van der Waals surface area contributed by atoms with Gasteiger partial charge in [0.15, 0.2) is 0 Å². The molecular weight excluding hydrogens is 392 g/mol. The number of nitrogens with zero attached hydrogens (tertiary/aromatic N) is 2. The SMILES string of the molecule is COc1ccc(-c2nc(COC(=O)c3ccc(Cl)cc3[N+](=O)[O-])cs2)cc1. The van der Waals surface area contributed by atoms with Crippen LogP contribution in [-0.2, 0) is 11.3 Å². The lowest BCUT2D eigenvalue weighted by Gasteiger charge is -2.04. The molecule has 27 heavy (non-hydrogen) atoms. The number of esters is 1. The van der Waals surface area contributed by atoms with Crippen LogP contribution in [0.5, 0.6) is 5.75 Å². The Kier molecular flexibility index (Phi) is 5.68. The minimum atomic E-state index is -0.808. The molecule has 138 valence electrons. The van der Waals surface area contributed by atoms with Crippen LogP contribution in [0.3, 0.4) is 0 Å². The third-order valence-electron chi connectivity index (χ3n) is 3.62. The molecule has 9 heteroatoms. The molecule has 0 radical (unpaired) electrons. The highest BCUT2D eigenvalue weighted by Gasteiger charge is 2.22. The smallest absolute Gasteiger partial charge is 0.345 e. The minimum Gasteiger partial charge on any atom is -0.497 e. The first-order valence-corrected chi connectivity index (χ1v) is 8.93. The highest BCUT2D eigenvalue weighted by Crippen LogP contribution is 2.27. The zero-order valence-corrected chi connectivity index (χ0v) is 15.6. The number of aromatic nitrogens is 1. The highest BCUT2D eigenvalue weighted by atomic mass is 35.5. The number of rotatable bonds is 6. The van der Waals surface area contributed by atoms with Gasteiger partial charge in [-0.15, -0.1) is 11.3 Å². The number of nitro benzene ring substituents is 1. The maximum atomic E-state index is 12.2. The number of ether oxygens (including phenoxy) is 2. The monoisotopic (exact) mass is 404 g/mol. The fraction of sp³-hybridized carbons (Fsp3) is 0.111. The zero-order chi connectivity index (χ0) is 19.4. The first-order valence-electron chi connectivity index (χ1n) is 7.68. The summed E-state index contributed by atoms with van der Waals surface area (Å²) in [6.07, 6.45) is 0. The topological polar surface area (TPSA) is 91.6 Å². The van der Waals surface area contributed by atoms with Crippen LogP contribution in [0.15, 0.2) is 47.8 Å². The molecule has 0 N–H and O–H groups in total. The predicted molar refractivity (Wildman–Crippen MR) is 101 cm³/mol. The molecule has 7 nitrogen and oxygen atoms in total. The summed E-state index contributed by atoms with van der Waals surface area (Å²) < 4.78 is 10.3. The molecule has 0 aliphatic carbocycles. The van der Waals surface area contributed by atoms with E-state index in [9.17, 15) is 14.9 Å². The van der Waals surface area contributed by atoms with Crippen LogP contribution in [0, 0.1) is 10.1 Å². The fourth-order valence-electron chi connectivity index (χ4n) is 2.29. The minimum absolute atomic E-state index is 0.0920. The van der Waals surface area contributed by atoms with Gasteiger partial charge in [-0.3, -0.25) is 10.1 Å². The van der Waals surface area contributed by atoms with Crippen LogP contribution in [0.2, 0.25) is 5.02 Å². The van der Waals surface area contributed by atoms with Crippen molar-refractivity contribution in [3.63, 3.8) is 0 Å². The third kappa shape index (κ3) is 4.42. The number of carbonyl (C=O) groups is 1. The second kappa shape index (κ2) is 8.15. The zero-order valence-electron chi connectivity index (χ0n) is 14.0. The first kappa shape index (κ1) is 18.8. The van der Waals surface area contributed by atoms with E-state index in [-0.39, 0.29) is 17.2 Å². The lowest BCUT2D eigenvalue weighted by molar-refractivity contribution is -0.385. The van der Waals surface area contributed by atoms with Crippen molar-refractivity contribution in [2.24, 2.45) is 0 Å². The standard InChI is InChI=1S/C18H13ClN2O5S/c1-25-14-5-2-11(3-6-14)17-20-13(10-27-17)9-26-18(22)15-7-4-12(19)8-16(15)21(23)24/h2-8,10H,9H2,1H3. The molecule has 0 fully saturated rings. The molecule has 3 rings (SSSR count). The summed E-state index contributed by atoms with van der Waals surface area (Å²) in [5.74, 6) is -0.0635. The van der Waals surface area contributed by atoms with E-state index < -0.39 is 16.6 Å². The average Bonchev–Trinajstić information content (AvgIpc) is 3.15. The Bertz CT molecular complexity index is 988. The number of carbonyl (C=O) groups excluding carboxylic acids is 1. The van der Waals surface area contributed by atoms with Crippen molar-refractivity contribution in [2.45, 2.75) is 6.61 Å². The van der Waals surface area contributed by atoms with Gasteiger partial charge in [-0.1, -0.05) is 11.6 Å². The van der Waals surface area contributed by atoms with E-state index in [2.05, 4.69) is 4.98 Å². The van der Waals surface area contributed by atoms with E-state index in [4.69, 9.17) is 21.1 Å². The van der Waals surface area contributed by atoms with Crippen LogP contribution >= 0.6 is 22.9 Å². The third-order valence-corrected chi connectivity index (χ3v) is 4.79. The van der Waals surface area contributed by atoms with Gasteiger partial charge in [-0.25, -0.2) is 9.78 Å². The van der Waals surface area contributed by atoms with Gasteiger partial charge in [0.25, 0.3) is 5.69 Å². The lowest BCUT2D eigenvalue weighted by atomic mass is 10.2. The number of halogens is 1. The summed E-state index contributed by atoms with van der Waals surface area (Å²) >= 11 is 7.15. The van der Waals surface area contributed by atoms with Gasteiger partial charge in [0.2, 0.25) is 0 Å². The number of nitro groups is 1. The van der Waals surface area contributed by atoms with E-state index in [1.54, 1.807) is 12.5 Å². The molecule has 1 aromatic heterocycles. The van der Waals surface area contributed by atoms with Crippen molar-refractivity contribution in [2.75, 3.05) is 7.11 Å². The molecule has 2 aromatic carbocycles. The van der Waals surface area contributed by atoms with Crippen molar-refractivity contribution >= 4 is 34.6 Å². The maximum absolute atomic E-state index is 12.2. The Hall–Kier alpha value is -2.97. The van der Waals surface area contributed by atoms with E-state index in [0.29, 0.717) is 5.69 Å². The second-order valence-electron chi connectivity index (χ2n) is 5.37. The predicted octanol–water partition coefficient (Wildman–Crippen LogP) is 4.74. The lowest BCUT2D eigenvalue weighted by Crippen LogP contribution is -2.08. The van der Waals surface area contributed by atoms with Crippen LogP contribution in [0.1, 0.15) is 16.1 Å². The Morgan fingerprint density at radius 2 is 2.00 bits per heavy atom. The van der Waals surface area contributed by atoms with Crippen LogP contribution in [0.4, 0.5) is 5.69 Å². The van der Waals surface area contributed by atoms with Crippen molar-refractivity contribution in [3.8, 4) is 16.3 Å². The number of hydrogen-bond acceptors (Lipinski definition) is 7. The van der Waals surface area contributed by atoms with E-state index in [1.165, 1.54) is 23.5 Å². The molecule has 0 amide bonds. The molecule has 0 aliphatic rings. The van der Waals surface area contributed by atoms with Crippen LogP contribution < -0.4 is 4.74 Å². The summed E-state index contributed by atoms with van der Waals surface area (Å²) in [6, 6.07) is 11.2. The summed E-state index contributed by atoms with van der Waals surface area (Å²) in [7, 11) is 1.59. The number of methoxy groups -OCH3 is 1.